The van der Waals surface area contributed by atoms with Gasteiger partial charge in [-0.25, -0.2) is 0 Å². The molecule has 3 aromatic rings. The van der Waals surface area contributed by atoms with Gasteiger partial charge in [-0.2, -0.15) is 0 Å². The number of hydrogen-bond donors (Lipinski definition) is 1. The lowest BCUT2D eigenvalue weighted by Gasteiger charge is -2.11. The van der Waals surface area contributed by atoms with Crippen LogP contribution in [-0.4, -0.2) is 5.11 Å². The van der Waals surface area contributed by atoms with Gasteiger partial charge in [-0.05, 0) is 45.7 Å². The number of aryl methyl sites for hydroxylation is 3. The Morgan fingerprint density at radius 3 is 2.16 bits per heavy atom. The van der Waals surface area contributed by atoms with E-state index in [4.69, 9.17) is 8.83 Å². The van der Waals surface area contributed by atoms with E-state index in [1.165, 1.54) is 0 Å². The van der Waals surface area contributed by atoms with Crippen molar-refractivity contribution >= 4 is 21.9 Å². The van der Waals surface area contributed by atoms with Gasteiger partial charge in [0.25, 0.3) is 0 Å². The Bertz CT molecular complexity index is 758. The first-order valence-corrected chi connectivity index (χ1v) is 6.65. The monoisotopic (exact) mass is 256 g/mol. The normalized spacial score (nSPS) is 17.5. The molecule has 1 saturated carbocycles. The van der Waals surface area contributed by atoms with Crippen LogP contribution >= 0.6 is 0 Å². The lowest BCUT2D eigenvalue weighted by Crippen LogP contribution is -2.05. The van der Waals surface area contributed by atoms with Crippen molar-refractivity contribution in [1.29, 1.82) is 0 Å². The number of rotatable bonds is 1. The molecule has 0 amide bonds. The molecule has 0 radical (unpaired) electrons. The summed E-state index contributed by atoms with van der Waals surface area (Å²) in [4.78, 5) is 0. The van der Waals surface area contributed by atoms with E-state index in [0.717, 1.165) is 57.4 Å². The number of fused-ring (bicyclic) bond motifs is 2. The SMILES string of the molecule is Cc1cc2c(C3(O)CC3)c3oc(C)cc3c(C)c2o1. The van der Waals surface area contributed by atoms with Crippen LogP contribution in [0.3, 0.4) is 0 Å². The summed E-state index contributed by atoms with van der Waals surface area (Å²) in [7, 11) is 0. The minimum absolute atomic E-state index is 0.731. The Morgan fingerprint density at radius 2 is 1.53 bits per heavy atom. The maximum atomic E-state index is 10.6. The minimum Gasteiger partial charge on any atom is -0.461 e. The molecule has 0 bridgehead atoms. The third-order valence-electron chi connectivity index (χ3n) is 4.14. The van der Waals surface area contributed by atoms with Crippen molar-refractivity contribution in [3.8, 4) is 0 Å². The lowest BCUT2D eigenvalue weighted by atomic mass is 9.97. The summed E-state index contributed by atoms with van der Waals surface area (Å²) in [6.07, 6.45) is 1.59. The summed E-state index contributed by atoms with van der Waals surface area (Å²) in [5.41, 5.74) is 2.96. The van der Waals surface area contributed by atoms with E-state index in [9.17, 15) is 5.11 Å². The van der Waals surface area contributed by atoms with E-state index >= 15 is 0 Å². The fraction of sp³-hybridized carbons (Fsp3) is 0.375. The zero-order valence-corrected chi connectivity index (χ0v) is 11.3. The van der Waals surface area contributed by atoms with Gasteiger partial charge in [-0.1, -0.05) is 0 Å². The van der Waals surface area contributed by atoms with E-state index in [1.54, 1.807) is 0 Å². The van der Waals surface area contributed by atoms with Gasteiger partial charge >= 0.3 is 0 Å². The quantitative estimate of drug-likeness (QED) is 0.713. The van der Waals surface area contributed by atoms with Gasteiger partial charge in [0.2, 0.25) is 0 Å². The fourth-order valence-electron chi connectivity index (χ4n) is 3.03. The zero-order chi connectivity index (χ0) is 13.4. The molecule has 0 atom stereocenters. The largest absolute Gasteiger partial charge is 0.461 e. The molecule has 0 aliphatic heterocycles. The third-order valence-corrected chi connectivity index (χ3v) is 4.14. The smallest absolute Gasteiger partial charge is 0.141 e. The van der Waals surface area contributed by atoms with Crippen molar-refractivity contribution in [3.63, 3.8) is 0 Å². The van der Waals surface area contributed by atoms with Gasteiger partial charge in [0.1, 0.15) is 22.7 Å². The van der Waals surface area contributed by atoms with E-state index in [0.29, 0.717) is 0 Å². The third kappa shape index (κ3) is 1.36. The number of benzene rings is 1. The van der Waals surface area contributed by atoms with Gasteiger partial charge in [0.15, 0.2) is 0 Å². The molecule has 2 heterocycles. The molecule has 98 valence electrons. The molecule has 1 fully saturated rings. The maximum absolute atomic E-state index is 10.6. The van der Waals surface area contributed by atoms with Crippen LogP contribution in [-0.2, 0) is 5.60 Å². The van der Waals surface area contributed by atoms with Crippen molar-refractivity contribution in [2.45, 2.75) is 39.2 Å². The average molecular weight is 256 g/mol. The Kier molecular flexibility index (Phi) is 1.89. The number of aliphatic hydroxyl groups is 1. The molecule has 1 aromatic carbocycles. The first-order chi connectivity index (χ1) is 8.99. The maximum Gasteiger partial charge on any atom is 0.141 e. The second-order valence-corrected chi connectivity index (χ2v) is 5.73. The minimum atomic E-state index is -0.731. The van der Waals surface area contributed by atoms with Crippen molar-refractivity contribution in [2.24, 2.45) is 0 Å². The van der Waals surface area contributed by atoms with Gasteiger partial charge in [0, 0.05) is 21.9 Å². The molecule has 3 nitrogen and oxygen atoms in total. The summed E-state index contributed by atoms with van der Waals surface area (Å²) in [6.45, 7) is 5.92. The first kappa shape index (κ1) is 11.1. The summed E-state index contributed by atoms with van der Waals surface area (Å²) < 4.78 is 11.7. The van der Waals surface area contributed by atoms with E-state index in [-0.39, 0.29) is 0 Å². The highest BCUT2D eigenvalue weighted by atomic mass is 16.3. The van der Waals surface area contributed by atoms with E-state index in [1.807, 2.05) is 32.9 Å². The van der Waals surface area contributed by atoms with Crippen LogP contribution in [0.25, 0.3) is 21.9 Å². The molecule has 0 unspecified atom stereocenters. The molecule has 1 N–H and O–H groups in total. The van der Waals surface area contributed by atoms with Crippen LogP contribution in [0.4, 0.5) is 0 Å². The van der Waals surface area contributed by atoms with Gasteiger partial charge < -0.3 is 13.9 Å². The standard InChI is InChI=1S/C16H16O3/c1-8-6-11-10(3)14-12(7-9(2)18-14)13(15(11)19-8)16(17)4-5-16/h6-7,17H,4-5H2,1-3H3. The second-order valence-electron chi connectivity index (χ2n) is 5.73. The molecular formula is C16H16O3. The van der Waals surface area contributed by atoms with Crippen molar-refractivity contribution < 1.29 is 13.9 Å². The van der Waals surface area contributed by atoms with Crippen molar-refractivity contribution in [2.75, 3.05) is 0 Å². The Balaban J connectivity index is 2.27. The Hall–Kier alpha value is -1.74. The lowest BCUT2D eigenvalue weighted by molar-refractivity contribution is 0.153. The van der Waals surface area contributed by atoms with Gasteiger partial charge in [0.05, 0.1) is 5.60 Å². The second kappa shape index (κ2) is 3.23. The molecule has 4 rings (SSSR count). The molecule has 1 aliphatic rings. The summed E-state index contributed by atoms with van der Waals surface area (Å²) in [5.74, 6) is 1.74. The summed E-state index contributed by atoms with van der Waals surface area (Å²) in [5, 5.41) is 12.7. The van der Waals surface area contributed by atoms with E-state index in [2.05, 4.69) is 0 Å². The number of hydrogen-bond acceptors (Lipinski definition) is 3. The van der Waals surface area contributed by atoms with Crippen molar-refractivity contribution in [1.82, 2.24) is 0 Å². The molecule has 1 aliphatic carbocycles. The topological polar surface area (TPSA) is 46.5 Å². The first-order valence-electron chi connectivity index (χ1n) is 6.65. The highest BCUT2D eigenvalue weighted by Crippen LogP contribution is 2.52. The highest BCUT2D eigenvalue weighted by molar-refractivity contribution is 6.02. The van der Waals surface area contributed by atoms with Crippen molar-refractivity contribution in [3.05, 3.63) is 34.8 Å². The van der Waals surface area contributed by atoms with Crippen LogP contribution in [0.2, 0.25) is 0 Å². The average Bonchev–Trinajstić information content (AvgIpc) is 2.79. The molecule has 0 saturated heterocycles. The van der Waals surface area contributed by atoms with Crippen LogP contribution in [0.1, 0.15) is 35.5 Å². The Labute approximate surface area is 110 Å². The summed E-state index contributed by atoms with van der Waals surface area (Å²) >= 11 is 0. The van der Waals surface area contributed by atoms with Gasteiger partial charge in [-0.3, -0.25) is 0 Å². The molecule has 3 heteroatoms. The molecule has 2 aromatic heterocycles. The van der Waals surface area contributed by atoms with E-state index < -0.39 is 5.60 Å². The van der Waals surface area contributed by atoms with Crippen LogP contribution in [0.15, 0.2) is 21.0 Å². The fourth-order valence-corrected chi connectivity index (χ4v) is 3.03. The van der Waals surface area contributed by atoms with Crippen LogP contribution < -0.4 is 0 Å². The number of furan rings is 2. The zero-order valence-electron chi connectivity index (χ0n) is 11.3. The van der Waals surface area contributed by atoms with Gasteiger partial charge in [-0.15, -0.1) is 0 Å². The molecule has 19 heavy (non-hydrogen) atoms. The van der Waals surface area contributed by atoms with Crippen LogP contribution in [0.5, 0.6) is 0 Å². The van der Waals surface area contributed by atoms with Crippen LogP contribution in [0, 0.1) is 20.8 Å². The molecular weight excluding hydrogens is 240 g/mol. The summed E-state index contributed by atoms with van der Waals surface area (Å²) in [6, 6.07) is 4.03. The predicted molar refractivity (Wildman–Crippen MR) is 73.3 cm³/mol. The highest BCUT2D eigenvalue weighted by Gasteiger charge is 2.46. The Morgan fingerprint density at radius 1 is 0.947 bits per heavy atom. The predicted octanol–water partition coefficient (Wildman–Crippen LogP) is 4.09. The molecule has 0 spiro atoms.